The van der Waals surface area contributed by atoms with Crippen molar-refractivity contribution in [1.29, 1.82) is 0 Å². The molecular weight excluding hydrogens is 352 g/mol. The molecule has 7 heteroatoms. The van der Waals surface area contributed by atoms with Crippen LogP contribution < -0.4 is 15.0 Å². The summed E-state index contributed by atoms with van der Waals surface area (Å²) in [6, 6.07) is 7.15. The van der Waals surface area contributed by atoms with Crippen molar-refractivity contribution in [1.82, 2.24) is 9.97 Å². The van der Waals surface area contributed by atoms with Gasteiger partial charge >= 0.3 is 0 Å². The number of nitrogens with zero attached hydrogens (tertiary/aromatic N) is 3. The molecule has 1 atom stereocenters. The van der Waals surface area contributed by atoms with Crippen molar-refractivity contribution >= 4 is 29.1 Å². The fraction of sp³-hybridized carbons (Fsp3) is 0.421. The van der Waals surface area contributed by atoms with Crippen molar-refractivity contribution in [3.05, 3.63) is 40.7 Å². The third kappa shape index (κ3) is 4.25. The monoisotopic (exact) mass is 374 g/mol. The Labute approximate surface area is 158 Å². The van der Waals surface area contributed by atoms with Crippen LogP contribution >= 0.6 is 11.6 Å². The van der Waals surface area contributed by atoms with E-state index < -0.39 is 0 Å². The van der Waals surface area contributed by atoms with E-state index in [0.29, 0.717) is 29.0 Å². The summed E-state index contributed by atoms with van der Waals surface area (Å²) >= 11 is 6.19. The van der Waals surface area contributed by atoms with Gasteiger partial charge in [0.25, 0.3) is 0 Å². The summed E-state index contributed by atoms with van der Waals surface area (Å²) in [6.45, 7) is 5.36. The van der Waals surface area contributed by atoms with Crippen molar-refractivity contribution in [2.75, 3.05) is 30.4 Å². The van der Waals surface area contributed by atoms with Crippen LogP contribution in [0.15, 0.2) is 24.3 Å². The molecule has 1 amide bonds. The third-order valence-corrected chi connectivity index (χ3v) is 4.81. The zero-order valence-corrected chi connectivity index (χ0v) is 16.0. The van der Waals surface area contributed by atoms with Crippen molar-refractivity contribution in [2.24, 2.45) is 5.92 Å². The highest BCUT2D eigenvalue weighted by Gasteiger charge is 2.27. The largest absolute Gasteiger partial charge is 0.497 e. The number of aromatic nitrogens is 2. The molecule has 1 saturated heterocycles. The van der Waals surface area contributed by atoms with Gasteiger partial charge < -0.3 is 15.0 Å². The maximum absolute atomic E-state index is 12.8. The topological polar surface area (TPSA) is 67.3 Å². The summed E-state index contributed by atoms with van der Waals surface area (Å²) < 4.78 is 5.20. The number of anilines is 2. The van der Waals surface area contributed by atoms with Gasteiger partial charge in [-0.2, -0.15) is 0 Å². The van der Waals surface area contributed by atoms with Gasteiger partial charge in [0.2, 0.25) is 11.9 Å². The Kier molecular flexibility index (Phi) is 5.61. The molecule has 1 N–H and O–H groups in total. The number of ether oxygens (including phenoxy) is 1. The average Bonchev–Trinajstić information content (AvgIpc) is 2.63. The molecule has 0 radical (unpaired) electrons. The Balaban J connectivity index is 1.72. The van der Waals surface area contributed by atoms with Gasteiger partial charge in [0, 0.05) is 30.5 Å². The fourth-order valence-electron chi connectivity index (χ4n) is 3.18. The molecule has 1 aliphatic heterocycles. The molecule has 1 aromatic heterocycles. The summed E-state index contributed by atoms with van der Waals surface area (Å²) in [4.78, 5) is 23.9. The molecule has 0 saturated carbocycles. The zero-order chi connectivity index (χ0) is 18.7. The molecule has 26 heavy (non-hydrogen) atoms. The Morgan fingerprint density at radius 2 is 2.00 bits per heavy atom. The van der Waals surface area contributed by atoms with Crippen LogP contribution in [-0.2, 0) is 4.79 Å². The Morgan fingerprint density at radius 3 is 2.69 bits per heavy atom. The number of carbonyl (C=O) groups excluding carboxylic acids is 1. The zero-order valence-electron chi connectivity index (χ0n) is 15.3. The molecule has 2 heterocycles. The molecule has 0 bridgehead atoms. The number of piperidine rings is 1. The molecule has 1 aromatic carbocycles. The van der Waals surface area contributed by atoms with Crippen molar-refractivity contribution in [3.8, 4) is 5.75 Å². The van der Waals surface area contributed by atoms with E-state index in [-0.39, 0.29) is 11.8 Å². The van der Waals surface area contributed by atoms with E-state index in [9.17, 15) is 4.79 Å². The predicted molar refractivity (Wildman–Crippen MR) is 103 cm³/mol. The highest BCUT2D eigenvalue weighted by atomic mass is 35.5. The van der Waals surface area contributed by atoms with E-state index in [1.54, 1.807) is 25.3 Å². The second-order valence-corrected chi connectivity index (χ2v) is 6.98. The van der Waals surface area contributed by atoms with Crippen LogP contribution in [0, 0.1) is 19.8 Å². The minimum absolute atomic E-state index is 0.0470. The maximum Gasteiger partial charge on any atom is 0.229 e. The number of rotatable bonds is 4. The van der Waals surface area contributed by atoms with Crippen molar-refractivity contribution in [3.63, 3.8) is 0 Å². The minimum Gasteiger partial charge on any atom is -0.497 e. The first-order valence-electron chi connectivity index (χ1n) is 8.68. The number of halogens is 1. The number of carbonyl (C=O) groups is 1. The quantitative estimate of drug-likeness (QED) is 0.885. The van der Waals surface area contributed by atoms with Gasteiger partial charge in [0.15, 0.2) is 0 Å². The lowest BCUT2D eigenvalue weighted by Gasteiger charge is -2.32. The van der Waals surface area contributed by atoms with Gasteiger partial charge in [0.05, 0.1) is 23.7 Å². The number of aryl methyl sites for hydroxylation is 2. The average molecular weight is 375 g/mol. The van der Waals surface area contributed by atoms with E-state index in [2.05, 4.69) is 20.2 Å². The van der Waals surface area contributed by atoms with Gasteiger partial charge in [-0.05, 0) is 44.9 Å². The van der Waals surface area contributed by atoms with E-state index >= 15 is 0 Å². The molecule has 3 rings (SSSR count). The molecule has 0 aliphatic carbocycles. The molecule has 1 aliphatic rings. The summed E-state index contributed by atoms with van der Waals surface area (Å²) in [5, 5.41) is 3.42. The van der Waals surface area contributed by atoms with Crippen LogP contribution in [0.4, 0.5) is 11.6 Å². The number of hydrogen-bond acceptors (Lipinski definition) is 5. The van der Waals surface area contributed by atoms with Gasteiger partial charge in [-0.25, -0.2) is 9.97 Å². The lowest BCUT2D eigenvalue weighted by molar-refractivity contribution is -0.120. The van der Waals surface area contributed by atoms with Gasteiger partial charge in [0.1, 0.15) is 5.75 Å². The van der Waals surface area contributed by atoms with E-state index in [4.69, 9.17) is 16.3 Å². The van der Waals surface area contributed by atoms with Crippen molar-refractivity contribution in [2.45, 2.75) is 26.7 Å². The normalized spacial score (nSPS) is 17.1. The Morgan fingerprint density at radius 1 is 1.27 bits per heavy atom. The molecule has 0 unspecified atom stereocenters. The van der Waals surface area contributed by atoms with Crippen LogP contribution in [0.5, 0.6) is 5.75 Å². The lowest BCUT2D eigenvalue weighted by Crippen LogP contribution is -2.41. The number of benzene rings is 1. The van der Waals surface area contributed by atoms with Gasteiger partial charge in [-0.1, -0.05) is 11.6 Å². The SMILES string of the molecule is COc1ccc(Cl)c(NC(=O)[C@@H]2CCCN(c3nc(C)cc(C)n3)C2)c1. The smallest absolute Gasteiger partial charge is 0.229 e. The highest BCUT2D eigenvalue weighted by Crippen LogP contribution is 2.28. The number of methoxy groups -OCH3 is 1. The van der Waals surface area contributed by atoms with Gasteiger partial charge in [-0.3, -0.25) is 4.79 Å². The van der Waals surface area contributed by atoms with Crippen LogP contribution in [-0.4, -0.2) is 36.1 Å². The first kappa shape index (κ1) is 18.5. The lowest BCUT2D eigenvalue weighted by atomic mass is 9.97. The Hall–Kier alpha value is -2.34. The third-order valence-electron chi connectivity index (χ3n) is 4.48. The second-order valence-electron chi connectivity index (χ2n) is 6.57. The van der Waals surface area contributed by atoms with Gasteiger partial charge in [-0.15, -0.1) is 0 Å². The summed E-state index contributed by atoms with van der Waals surface area (Å²) in [5.41, 5.74) is 2.43. The van der Waals surface area contributed by atoms with Crippen molar-refractivity contribution < 1.29 is 9.53 Å². The van der Waals surface area contributed by atoms with Crippen LogP contribution in [0.25, 0.3) is 0 Å². The summed E-state index contributed by atoms with van der Waals surface area (Å²) in [5.74, 6) is 1.16. The number of amides is 1. The maximum atomic E-state index is 12.8. The summed E-state index contributed by atoms with van der Waals surface area (Å²) in [6.07, 6.45) is 1.75. The molecule has 0 spiro atoms. The first-order chi connectivity index (χ1) is 12.5. The predicted octanol–water partition coefficient (Wildman–Crippen LogP) is 3.61. The number of hydrogen-bond donors (Lipinski definition) is 1. The summed E-state index contributed by atoms with van der Waals surface area (Å²) in [7, 11) is 1.58. The molecular formula is C19H23ClN4O2. The molecule has 2 aromatic rings. The second kappa shape index (κ2) is 7.91. The van der Waals surface area contributed by atoms with E-state index in [0.717, 1.165) is 30.8 Å². The van der Waals surface area contributed by atoms with Crippen LogP contribution in [0.3, 0.4) is 0 Å². The first-order valence-corrected chi connectivity index (χ1v) is 9.05. The minimum atomic E-state index is -0.143. The van der Waals surface area contributed by atoms with E-state index in [1.165, 1.54) is 0 Å². The molecule has 6 nitrogen and oxygen atoms in total. The molecule has 138 valence electrons. The highest BCUT2D eigenvalue weighted by molar-refractivity contribution is 6.33. The number of nitrogens with one attached hydrogen (secondary N) is 1. The van der Waals surface area contributed by atoms with Crippen LogP contribution in [0.2, 0.25) is 5.02 Å². The van der Waals surface area contributed by atoms with Crippen LogP contribution in [0.1, 0.15) is 24.2 Å². The standard InChI is InChI=1S/C19H23ClN4O2/c1-12-9-13(2)22-19(21-12)24-8-4-5-14(11-24)18(25)23-17-10-15(26-3)6-7-16(17)20/h6-7,9-10,14H,4-5,8,11H2,1-3H3,(H,23,25)/t14-/m1/s1. The Bertz CT molecular complexity index is 792. The van der Waals surface area contributed by atoms with E-state index in [1.807, 2.05) is 19.9 Å². The fourth-order valence-corrected chi connectivity index (χ4v) is 3.35. The molecule has 1 fully saturated rings.